The van der Waals surface area contributed by atoms with Crippen molar-refractivity contribution in [1.82, 2.24) is 10.1 Å². The van der Waals surface area contributed by atoms with Gasteiger partial charge in [0.1, 0.15) is 5.60 Å². The molecule has 1 aromatic carbocycles. The summed E-state index contributed by atoms with van der Waals surface area (Å²) >= 11 is 1.64. The number of fused-ring (bicyclic) bond motifs is 1. The van der Waals surface area contributed by atoms with Crippen molar-refractivity contribution in [3.63, 3.8) is 0 Å². The lowest BCUT2D eigenvalue weighted by Gasteiger charge is -2.33. The first kappa shape index (κ1) is 21.8. The predicted molar refractivity (Wildman–Crippen MR) is 122 cm³/mol. The van der Waals surface area contributed by atoms with E-state index in [2.05, 4.69) is 17.3 Å². The number of hydrogen-bond acceptors (Lipinski definition) is 6. The number of aryl methyl sites for hydroxylation is 1. The minimum atomic E-state index is -0.460. The van der Waals surface area contributed by atoms with E-state index >= 15 is 0 Å². The van der Waals surface area contributed by atoms with Gasteiger partial charge in [-0.05, 0) is 69.9 Å². The number of piperidine rings is 1. The molecule has 3 aromatic rings. The maximum absolute atomic E-state index is 12.2. The summed E-state index contributed by atoms with van der Waals surface area (Å²) < 4.78 is 11.2. The van der Waals surface area contributed by atoms with Crippen LogP contribution in [0.15, 0.2) is 34.2 Å². The summed E-state index contributed by atoms with van der Waals surface area (Å²) in [5.74, 6) is 0.549. The fourth-order valence-electron chi connectivity index (χ4n) is 4.18. The van der Waals surface area contributed by atoms with Crippen LogP contribution in [0, 0.1) is 5.92 Å². The first-order valence-corrected chi connectivity index (χ1v) is 11.8. The van der Waals surface area contributed by atoms with Crippen LogP contribution in [-0.2, 0) is 17.8 Å². The van der Waals surface area contributed by atoms with Crippen LogP contribution in [0.4, 0.5) is 4.79 Å². The van der Waals surface area contributed by atoms with Crippen molar-refractivity contribution >= 4 is 28.4 Å². The molecule has 0 radical (unpaired) electrons. The number of likely N-dealkylation sites (tertiary alicyclic amines) is 1. The molecule has 31 heavy (non-hydrogen) atoms. The lowest BCUT2D eigenvalue weighted by molar-refractivity contribution is 0.0181. The molecule has 3 heterocycles. The number of aromatic nitrogens is 1. The number of ether oxygens (including phenoxy) is 1. The van der Waals surface area contributed by atoms with Gasteiger partial charge in [-0.1, -0.05) is 17.3 Å². The minimum Gasteiger partial charge on any atom is -0.444 e. The SMILES string of the molecule is CC(C)(C)OC(=O)N1CCC(CCc2noc3c(CO)c(-c4cccs4)ccc23)CC1. The Bertz CT molecular complexity index is 1030. The summed E-state index contributed by atoms with van der Waals surface area (Å²) in [6, 6.07) is 8.16. The maximum Gasteiger partial charge on any atom is 0.410 e. The molecule has 2 aromatic heterocycles. The third-order valence-electron chi connectivity index (χ3n) is 5.82. The fourth-order valence-corrected chi connectivity index (χ4v) is 4.96. The van der Waals surface area contributed by atoms with Gasteiger partial charge < -0.3 is 19.3 Å². The second kappa shape index (κ2) is 9.01. The Kier molecular flexibility index (Phi) is 6.34. The van der Waals surface area contributed by atoms with Crippen molar-refractivity contribution in [2.45, 2.75) is 58.7 Å². The number of nitrogens with zero attached hydrogens (tertiary/aromatic N) is 2. The lowest BCUT2D eigenvalue weighted by atomic mass is 9.91. The number of aliphatic hydroxyl groups excluding tert-OH is 1. The first-order chi connectivity index (χ1) is 14.9. The molecule has 1 amide bonds. The lowest BCUT2D eigenvalue weighted by Crippen LogP contribution is -2.41. The molecule has 4 rings (SSSR count). The van der Waals surface area contributed by atoms with Gasteiger partial charge in [-0.3, -0.25) is 0 Å². The second-order valence-electron chi connectivity index (χ2n) is 9.18. The van der Waals surface area contributed by atoms with Crippen molar-refractivity contribution in [2.24, 2.45) is 5.92 Å². The summed E-state index contributed by atoms with van der Waals surface area (Å²) in [5.41, 5.74) is 2.96. The van der Waals surface area contributed by atoms with E-state index < -0.39 is 5.60 Å². The molecule has 0 aliphatic carbocycles. The summed E-state index contributed by atoms with van der Waals surface area (Å²) in [5, 5.41) is 17.3. The Balaban J connectivity index is 1.39. The first-order valence-electron chi connectivity index (χ1n) is 10.9. The van der Waals surface area contributed by atoms with E-state index in [1.54, 1.807) is 11.3 Å². The predicted octanol–water partition coefficient (Wildman–Crippen LogP) is 5.63. The normalized spacial score (nSPS) is 15.5. The van der Waals surface area contributed by atoms with E-state index in [1.165, 1.54) is 0 Å². The zero-order valence-corrected chi connectivity index (χ0v) is 19.2. The summed E-state index contributed by atoms with van der Waals surface area (Å²) in [6.45, 7) is 7.07. The van der Waals surface area contributed by atoms with Gasteiger partial charge in [-0.15, -0.1) is 11.3 Å². The molecule has 1 aliphatic rings. The molecule has 1 fully saturated rings. The molecule has 0 bridgehead atoms. The average molecular weight is 443 g/mol. The van der Waals surface area contributed by atoms with Crippen molar-refractivity contribution < 1.29 is 19.2 Å². The third kappa shape index (κ3) is 4.93. The largest absolute Gasteiger partial charge is 0.444 e. The molecular weight excluding hydrogens is 412 g/mol. The zero-order valence-electron chi connectivity index (χ0n) is 18.4. The standard InChI is InChI=1S/C24H30N2O4S/c1-24(2,3)29-23(28)26-12-10-16(11-13-26)6-9-20-18-8-7-17(21-5-4-14-31-21)19(15-27)22(18)30-25-20/h4-5,7-8,14,16,27H,6,9-13,15H2,1-3H3. The number of benzene rings is 1. The van der Waals surface area contributed by atoms with Gasteiger partial charge in [0.05, 0.1) is 12.3 Å². The van der Waals surface area contributed by atoms with Gasteiger partial charge in [0, 0.05) is 34.5 Å². The summed E-state index contributed by atoms with van der Waals surface area (Å²) in [4.78, 5) is 15.2. The monoisotopic (exact) mass is 442 g/mol. The van der Waals surface area contributed by atoms with Crippen LogP contribution >= 0.6 is 11.3 Å². The highest BCUT2D eigenvalue weighted by Crippen LogP contribution is 2.35. The summed E-state index contributed by atoms with van der Waals surface area (Å²) in [6.07, 6.45) is 3.56. The van der Waals surface area contributed by atoms with Crippen molar-refractivity contribution in [2.75, 3.05) is 13.1 Å². The number of thiophene rings is 1. The Morgan fingerprint density at radius 2 is 2.06 bits per heavy atom. The fraction of sp³-hybridized carbons (Fsp3) is 0.500. The molecule has 166 valence electrons. The van der Waals surface area contributed by atoms with Crippen LogP contribution in [0.25, 0.3) is 21.4 Å². The van der Waals surface area contributed by atoms with Gasteiger partial charge in [-0.2, -0.15) is 0 Å². The van der Waals surface area contributed by atoms with Crippen LogP contribution in [-0.4, -0.2) is 39.9 Å². The van der Waals surface area contributed by atoms with E-state index in [0.29, 0.717) is 11.5 Å². The van der Waals surface area contributed by atoms with Gasteiger partial charge in [0.25, 0.3) is 0 Å². The van der Waals surface area contributed by atoms with Crippen LogP contribution < -0.4 is 0 Å². The van der Waals surface area contributed by atoms with Crippen LogP contribution in [0.5, 0.6) is 0 Å². The number of carbonyl (C=O) groups is 1. The molecule has 0 unspecified atom stereocenters. The number of amides is 1. The van der Waals surface area contributed by atoms with Gasteiger partial charge >= 0.3 is 6.09 Å². The second-order valence-corrected chi connectivity index (χ2v) is 10.1. The molecule has 1 aliphatic heterocycles. The van der Waals surface area contributed by atoms with Crippen molar-refractivity contribution in [3.05, 3.63) is 40.9 Å². The molecule has 0 spiro atoms. The highest BCUT2D eigenvalue weighted by Gasteiger charge is 2.27. The number of aliphatic hydroxyl groups is 1. The molecule has 6 nitrogen and oxygen atoms in total. The van der Waals surface area contributed by atoms with Gasteiger partial charge in [-0.25, -0.2) is 4.79 Å². The average Bonchev–Trinajstić information content (AvgIpc) is 3.40. The van der Waals surface area contributed by atoms with E-state index in [1.807, 2.05) is 43.2 Å². The Labute approximate surface area is 186 Å². The smallest absolute Gasteiger partial charge is 0.410 e. The molecule has 1 saturated heterocycles. The van der Waals surface area contributed by atoms with Crippen molar-refractivity contribution in [1.29, 1.82) is 0 Å². The molecule has 7 heteroatoms. The highest BCUT2D eigenvalue weighted by molar-refractivity contribution is 7.13. The Morgan fingerprint density at radius 1 is 1.29 bits per heavy atom. The highest BCUT2D eigenvalue weighted by atomic mass is 32.1. The third-order valence-corrected chi connectivity index (χ3v) is 6.72. The van der Waals surface area contributed by atoms with E-state index in [-0.39, 0.29) is 12.7 Å². The number of carbonyl (C=O) groups excluding carboxylic acids is 1. The molecule has 0 saturated carbocycles. The topological polar surface area (TPSA) is 75.8 Å². The van der Waals surface area contributed by atoms with Crippen LogP contribution in [0.1, 0.15) is 51.3 Å². The molecule has 1 N–H and O–H groups in total. The Hall–Kier alpha value is -2.38. The van der Waals surface area contributed by atoms with E-state index in [9.17, 15) is 9.90 Å². The van der Waals surface area contributed by atoms with Crippen LogP contribution in [0.3, 0.4) is 0 Å². The summed E-state index contributed by atoms with van der Waals surface area (Å²) in [7, 11) is 0. The number of rotatable bonds is 5. The Morgan fingerprint density at radius 3 is 2.71 bits per heavy atom. The van der Waals surface area contributed by atoms with Crippen LogP contribution in [0.2, 0.25) is 0 Å². The maximum atomic E-state index is 12.2. The number of hydrogen-bond donors (Lipinski definition) is 1. The minimum absolute atomic E-state index is 0.0810. The molecular formula is C24H30N2O4S. The van der Waals surface area contributed by atoms with Gasteiger partial charge in [0.15, 0.2) is 5.58 Å². The van der Waals surface area contributed by atoms with Gasteiger partial charge in [0.2, 0.25) is 0 Å². The zero-order chi connectivity index (χ0) is 22.0. The molecule has 0 atom stereocenters. The van der Waals surface area contributed by atoms with E-state index in [0.717, 1.165) is 65.9 Å². The van der Waals surface area contributed by atoms with E-state index in [4.69, 9.17) is 9.26 Å². The quantitative estimate of drug-likeness (QED) is 0.554. The van der Waals surface area contributed by atoms with Crippen molar-refractivity contribution in [3.8, 4) is 10.4 Å².